The standard InChI is InChI=1S/C18H14I2O2S2/c19-5-3-6-10(7(20)4-5)16(22)14-13(15(6)21)17-11-8-1-2-9(23-8)12(11)18(14)24-17/h3-4,8-9,11-14,17-18H,1-2H2. The van der Waals surface area contributed by atoms with Gasteiger partial charge in [-0.15, -0.1) is 0 Å². The highest BCUT2D eigenvalue weighted by atomic mass is 127. The first-order chi connectivity index (χ1) is 11.6. The van der Waals surface area contributed by atoms with Crippen LogP contribution in [0.3, 0.4) is 0 Å². The fourth-order valence-electron chi connectivity index (χ4n) is 6.02. The summed E-state index contributed by atoms with van der Waals surface area (Å²) in [4.78, 5) is 26.7. The minimum Gasteiger partial charge on any atom is -0.294 e. The van der Waals surface area contributed by atoms with Gasteiger partial charge in [-0.05, 0) is 82.0 Å². The van der Waals surface area contributed by atoms with Gasteiger partial charge in [0.1, 0.15) is 0 Å². The molecule has 0 saturated carbocycles. The minimum atomic E-state index is -0.0465. The van der Waals surface area contributed by atoms with E-state index in [9.17, 15) is 9.59 Å². The summed E-state index contributed by atoms with van der Waals surface area (Å²) < 4.78 is 2.01. The summed E-state index contributed by atoms with van der Waals surface area (Å²) in [6.07, 6.45) is 2.65. The van der Waals surface area contributed by atoms with Crippen LogP contribution in [0.5, 0.6) is 0 Å². The molecule has 4 saturated heterocycles. The molecule has 4 fully saturated rings. The Morgan fingerprint density at radius 3 is 2.17 bits per heavy atom. The second-order valence-corrected chi connectivity index (χ2v) is 12.9. The SMILES string of the molecule is O=C1c2cc(I)cc(I)c2C(=O)C2C3SC(C12)C1C2CCC(S2)C31. The first kappa shape index (κ1) is 15.7. The molecule has 0 N–H and O–H groups in total. The summed E-state index contributed by atoms with van der Waals surface area (Å²) in [5.41, 5.74) is 1.43. The molecule has 2 nitrogen and oxygen atoms in total. The van der Waals surface area contributed by atoms with Crippen LogP contribution in [0.2, 0.25) is 0 Å². The molecule has 6 heteroatoms. The fourth-order valence-corrected chi connectivity index (χ4v) is 12.8. The number of benzene rings is 1. The van der Waals surface area contributed by atoms with Gasteiger partial charge in [0.25, 0.3) is 0 Å². The Morgan fingerprint density at radius 1 is 0.875 bits per heavy atom. The van der Waals surface area contributed by atoms with Crippen molar-refractivity contribution in [2.45, 2.75) is 33.8 Å². The molecule has 8 unspecified atom stereocenters. The van der Waals surface area contributed by atoms with E-state index >= 15 is 0 Å². The van der Waals surface area contributed by atoms with E-state index in [0.29, 0.717) is 27.9 Å². The number of fused-ring (bicyclic) bond motifs is 13. The van der Waals surface area contributed by atoms with Crippen LogP contribution in [-0.2, 0) is 0 Å². The molecular formula is C18H14I2O2S2. The largest absolute Gasteiger partial charge is 0.294 e. The van der Waals surface area contributed by atoms with Crippen molar-refractivity contribution in [2.24, 2.45) is 23.7 Å². The van der Waals surface area contributed by atoms with Gasteiger partial charge in [-0.2, -0.15) is 23.5 Å². The Kier molecular flexibility index (Phi) is 3.38. The van der Waals surface area contributed by atoms with Crippen LogP contribution in [0, 0.1) is 30.8 Å². The van der Waals surface area contributed by atoms with Crippen molar-refractivity contribution in [2.75, 3.05) is 0 Å². The summed E-state index contributed by atoms with van der Waals surface area (Å²) in [6, 6.07) is 3.97. The lowest BCUT2D eigenvalue weighted by Crippen LogP contribution is -2.52. The number of carbonyl (C=O) groups is 2. The monoisotopic (exact) mass is 580 g/mol. The quantitative estimate of drug-likeness (QED) is 0.424. The Morgan fingerprint density at radius 2 is 1.50 bits per heavy atom. The predicted octanol–water partition coefficient (Wildman–Crippen LogP) is 4.52. The molecule has 1 aliphatic carbocycles. The van der Waals surface area contributed by atoms with Crippen molar-refractivity contribution in [1.29, 1.82) is 0 Å². The molecule has 124 valence electrons. The number of hydrogen-bond acceptors (Lipinski definition) is 4. The Hall–Kier alpha value is 0.720. The van der Waals surface area contributed by atoms with E-state index in [2.05, 4.69) is 56.9 Å². The topological polar surface area (TPSA) is 34.1 Å². The molecule has 24 heavy (non-hydrogen) atoms. The summed E-state index contributed by atoms with van der Waals surface area (Å²) in [5.74, 6) is 1.80. The normalized spacial score (nSPS) is 47.1. The van der Waals surface area contributed by atoms with Crippen molar-refractivity contribution in [3.05, 3.63) is 30.4 Å². The molecule has 8 atom stereocenters. The highest BCUT2D eigenvalue weighted by Gasteiger charge is 2.70. The number of carbonyl (C=O) groups excluding carboxylic acids is 2. The van der Waals surface area contributed by atoms with Crippen LogP contribution in [0.25, 0.3) is 0 Å². The van der Waals surface area contributed by atoms with Crippen LogP contribution >= 0.6 is 68.7 Å². The molecule has 5 aliphatic rings. The van der Waals surface area contributed by atoms with Crippen molar-refractivity contribution in [3.63, 3.8) is 0 Å². The zero-order chi connectivity index (χ0) is 16.3. The molecule has 4 bridgehead atoms. The lowest BCUT2D eigenvalue weighted by molar-refractivity contribution is 0.0612. The maximum atomic E-state index is 13.4. The van der Waals surface area contributed by atoms with Crippen LogP contribution in [0.15, 0.2) is 12.1 Å². The molecule has 6 rings (SSSR count). The summed E-state index contributed by atoms with van der Waals surface area (Å²) in [7, 11) is 0. The van der Waals surface area contributed by atoms with Crippen LogP contribution in [0.4, 0.5) is 0 Å². The lowest BCUT2D eigenvalue weighted by atomic mass is 9.58. The van der Waals surface area contributed by atoms with E-state index < -0.39 is 0 Å². The van der Waals surface area contributed by atoms with Crippen molar-refractivity contribution < 1.29 is 9.59 Å². The Labute approximate surface area is 176 Å². The van der Waals surface area contributed by atoms with Gasteiger partial charge in [-0.3, -0.25) is 9.59 Å². The third-order valence-electron chi connectivity index (χ3n) is 6.73. The number of rotatable bonds is 0. The van der Waals surface area contributed by atoms with Gasteiger partial charge in [0.05, 0.1) is 0 Å². The third kappa shape index (κ3) is 1.77. The number of ketones is 2. The number of Topliss-reactive ketones (excluding diaryl/α,β-unsaturated/α-hetero) is 2. The van der Waals surface area contributed by atoms with Gasteiger partial charge in [0, 0.05) is 51.1 Å². The predicted molar refractivity (Wildman–Crippen MR) is 114 cm³/mol. The third-order valence-corrected chi connectivity index (χ3v) is 11.8. The molecule has 0 radical (unpaired) electrons. The molecule has 0 spiro atoms. The van der Waals surface area contributed by atoms with E-state index in [1.165, 1.54) is 12.8 Å². The van der Waals surface area contributed by atoms with E-state index in [1.54, 1.807) is 0 Å². The van der Waals surface area contributed by atoms with Gasteiger partial charge in [0.2, 0.25) is 0 Å². The van der Waals surface area contributed by atoms with Crippen LogP contribution in [-0.4, -0.2) is 32.6 Å². The van der Waals surface area contributed by atoms with Crippen molar-refractivity contribution in [3.8, 4) is 0 Å². The number of halogens is 2. The molecule has 1 aromatic rings. The minimum absolute atomic E-state index is 0.0461. The Bertz CT molecular complexity index is 825. The average molecular weight is 580 g/mol. The summed E-state index contributed by atoms with van der Waals surface area (Å²) in [5, 5.41) is 2.30. The van der Waals surface area contributed by atoms with E-state index in [0.717, 1.165) is 23.2 Å². The molecule has 0 amide bonds. The first-order valence-electron chi connectivity index (χ1n) is 8.44. The second kappa shape index (κ2) is 5.16. The highest BCUT2D eigenvalue weighted by Crippen LogP contribution is 2.71. The molecule has 4 aliphatic heterocycles. The zero-order valence-electron chi connectivity index (χ0n) is 12.6. The van der Waals surface area contributed by atoms with Gasteiger partial charge >= 0.3 is 0 Å². The van der Waals surface area contributed by atoms with E-state index in [1.807, 2.05) is 23.9 Å². The Balaban J connectivity index is 1.52. The molecular weight excluding hydrogens is 566 g/mol. The number of thioether (sulfide) groups is 2. The van der Waals surface area contributed by atoms with E-state index in [-0.39, 0.29) is 23.4 Å². The smallest absolute Gasteiger partial charge is 0.169 e. The number of hydrogen-bond donors (Lipinski definition) is 0. The van der Waals surface area contributed by atoms with Gasteiger partial charge in [-0.25, -0.2) is 0 Å². The summed E-state index contributed by atoms with van der Waals surface area (Å²) in [6.45, 7) is 0. The van der Waals surface area contributed by atoms with Gasteiger partial charge in [-0.1, -0.05) is 0 Å². The van der Waals surface area contributed by atoms with Crippen LogP contribution < -0.4 is 0 Å². The molecule has 4 heterocycles. The zero-order valence-corrected chi connectivity index (χ0v) is 18.5. The lowest BCUT2D eigenvalue weighted by Gasteiger charge is -2.42. The van der Waals surface area contributed by atoms with Gasteiger partial charge < -0.3 is 0 Å². The van der Waals surface area contributed by atoms with Crippen LogP contribution in [0.1, 0.15) is 33.6 Å². The first-order valence-corrected chi connectivity index (χ1v) is 12.5. The van der Waals surface area contributed by atoms with Crippen molar-refractivity contribution >= 4 is 80.3 Å². The highest BCUT2D eigenvalue weighted by molar-refractivity contribution is 14.1. The molecule has 1 aromatic carbocycles. The van der Waals surface area contributed by atoms with E-state index in [4.69, 9.17) is 0 Å². The maximum Gasteiger partial charge on any atom is 0.169 e. The van der Waals surface area contributed by atoms with Crippen molar-refractivity contribution in [1.82, 2.24) is 0 Å². The molecule has 0 aromatic heterocycles. The maximum absolute atomic E-state index is 13.4. The second-order valence-electron chi connectivity index (χ2n) is 7.60. The average Bonchev–Trinajstić information content (AvgIpc) is 3.28. The fraction of sp³-hybridized carbons (Fsp3) is 0.556. The summed E-state index contributed by atoms with van der Waals surface area (Å²) >= 11 is 8.67. The van der Waals surface area contributed by atoms with Gasteiger partial charge in [0.15, 0.2) is 11.6 Å².